The average Bonchev–Trinajstić information content (AvgIpc) is 2.97. The fourth-order valence-electron chi connectivity index (χ4n) is 5.12. The minimum atomic E-state index is -3.62. The van der Waals surface area contributed by atoms with Crippen LogP contribution in [0.25, 0.3) is 10.4 Å². The summed E-state index contributed by atoms with van der Waals surface area (Å²) in [6.45, 7) is 16.2. The minimum absolute atomic E-state index is 0.0414. The number of ether oxygens (including phenoxy) is 4. The predicted octanol–water partition coefficient (Wildman–Crippen LogP) is 6.20. The van der Waals surface area contributed by atoms with Crippen molar-refractivity contribution in [2.45, 2.75) is 130 Å². The van der Waals surface area contributed by atoms with Gasteiger partial charge < -0.3 is 18.9 Å². The van der Waals surface area contributed by atoms with Crippen molar-refractivity contribution >= 4 is 22.1 Å². The van der Waals surface area contributed by atoms with E-state index >= 15 is 0 Å². The van der Waals surface area contributed by atoms with Crippen LogP contribution in [-0.4, -0.2) is 76.4 Å². The van der Waals surface area contributed by atoms with Crippen LogP contribution in [0, 0.1) is 11.8 Å². The fraction of sp³-hybridized carbons (Fsp3) is 0.806. The maximum absolute atomic E-state index is 12.0. The number of hydrogen-bond donors (Lipinski definition) is 0. The van der Waals surface area contributed by atoms with E-state index in [1.54, 1.807) is 19.9 Å². The van der Waals surface area contributed by atoms with Crippen LogP contribution in [0.1, 0.15) is 93.9 Å². The predicted molar refractivity (Wildman–Crippen MR) is 168 cm³/mol. The molecule has 0 saturated heterocycles. The van der Waals surface area contributed by atoms with Crippen molar-refractivity contribution in [1.29, 1.82) is 0 Å². The van der Waals surface area contributed by atoms with Gasteiger partial charge in [0, 0.05) is 34.4 Å². The van der Waals surface area contributed by atoms with Crippen molar-refractivity contribution in [2.24, 2.45) is 17.0 Å². The smallest absolute Gasteiger partial charge is 0.333 e. The molecule has 0 saturated carbocycles. The normalized spacial score (nSPS) is 25.2. The van der Waals surface area contributed by atoms with Gasteiger partial charge in [-0.3, -0.25) is 4.18 Å². The highest BCUT2D eigenvalue weighted by Gasteiger charge is 2.37. The first-order valence-electron chi connectivity index (χ1n) is 15.8. The molecule has 2 aliphatic carbocycles. The van der Waals surface area contributed by atoms with E-state index in [2.05, 4.69) is 23.9 Å². The van der Waals surface area contributed by atoms with Crippen LogP contribution in [0.5, 0.6) is 0 Å². The van der Waals surface area contributed by atoms with Crippen LogP contribution < -0.4 is 0 Å². The monoisotopic (exact) mass is 643 g/mol. The quantitative estimate of drug-likeness (QED) is 0.0664. The molecule has 252 valence electrons. The Balaban J connectivity index is 0.000000442. The van der Waals surface area contributed by atoms with E-state index in [0.29, 0.717) is 24.2 Å². The van der Waals surface area contributed by atoms with Crippen LogP contribution in [0.2, 0.25) is 0 Å². The van der Waals surface area contributed by atoms with E-state index in [-0.39, 0.29) is 61.3 Å². The number of azide groups is 1. The second-order valence-electron chi connectivity index (χ2n) is 11.1. The molecule has 12 nitrogen and oxygen atoms in total. The number of carbonyl (C=O) groups is 2. The second-order valence-corrected chi connectivity index (χ2v) is 12.7. The van der Waals surface area contributed by atoms with Gasteiger partial charge in [0.2, 0.25) is 0 Å². The third kappa shape index (κ3) is 12.9. The Morgan fingerprint density at radius 3 is 1.66 bits per heavy atom. The Kier molecular flexibility index (Phi) is 17.9. The number of carbonyl (C=O) groups excluding carboxylic acids is 2. The van der Waals surface area contributed by atoms with Crippen molar-refractivity contribution in [3.63, 3.8) is 0 Å². The van der Waals surface area contributed by atoms with Crippen molar-refractivity contribution in [3.8, 4) is 0 Å². The third-order valence-corrected chi connectivity index (χ3v) is 8.50. The second kappa shape index (κ2) is 19.8. The summed E-state index contributed by atoms with van der Waals surface area (Å²) in [5.41, 5.74) is 9.66. The van der Waals surface area contributed by atoms with E-state index < -0.39 is 22.2 Å². The molecule has 44 heavy (non-hydrogen) atoms. The van der Waals surface area contributed by atoms with Gasteiger partial charge in [-0.25, -0.2) is 9.59 Å². The first-order valence-corrected chi connectivity index (χ1v) is 17.6. The summed E-state index contributed by atoms with van der Waals surface area (Å²) in [4.78, 5) is 26.9. The van der Waals surface area contributed by atoms with Crippen molar-refractivity contribution in [3.05, 3.63) is 33.7 Å². The highest BCUT2D eigenvalue weighted by atomic mass is 32.2. The lowest BCUT2D eigenvalue weighted by atomic mass is 9.84. The topological polar surface area (TPSA) is 163 Å². The van der Waals surface area contributed by atoms with Gasteiger partial charge in [-0.2, -0.15) is 8.42 Å². The van der Waals surface area contributed by atoms with Gasteiger partial charge in [-0.1, -0.05) is 46.7 Å². The number of rotatable bonds is 15. The van der Waals surface area contributed by atoms with Gasteiger partial charge in [0.05, 0.1) is 50.0 Å². The van der Waals surface area contributed by atoms with Crippen molar-refractivity contribution in [2.75, 3.05) is 19.5 Å². The Morgan fingerprint density at radius 2 is 1.27 bits per heavy atom. The molecular weight excluding hydrogens is 590 g/mol. The molecule has 13 heteroatoms. The van der Waals surface area contributed by atoms with E-state index in [4.69, 9.17) is 28.7 Å². The molecular formula is C31H53N3O9S. The van der Waals surface area contributed by atoms with Gasteiger partial charge in [0.1, 0.15) is 0 Å². The summed E-state index contributed by atoms with van der Waals surface area (Å²) < 4.78 is 50.4. The molecule has 0 bridgehead atoms. The molecule has 0 heterocycles. The zero-order chi connectivity index (χ0) is 33.4. The molecule has 0 N–H and O–H groups in total. The van der Waals surface area contributed by atoms with Gasteiger partial charge in [-0.15, -0.1) is 0 Å². The highest BCUT2D eigenvalue weighted by molar-refractivity contribution is 7.86. The Morgan fingerprint density at radius 1 is 0.841 bits per heavy atom. The molecule has 2 aliphatic rings. The summed E-state index contributed by atoms with van der Waals surface area (Å²) >= 11 is 0. The molecule has 0 spiro atoms. The van der Waals surface area contributed by atoms with Gasteiger partial charge >= 0.3 is 11.9 Å². The summed E-state index contributed by atoms with van der Waals surface area (Å²) in [6, 6.07) is -0.279. The summed E-state index contributed by atoms with van der Waals surface area (Å²) in [5, 5.41) is 3.82. The maximum atomic E-state index is 12.0. The number of hydrogen-bond acceptors (Lipinski definition) is 10. The molecule has 0 aromatic heterocycles. The highest BCUT2D eigenvalue weighted by Crippen LogP contribution is 2.32. The first-order chi connectivity index (χ1) is 20.8. The van der Waals surface area contributed by atoms with Gasteiger partial charge in [0.15, 0.2) is 0 Å². The lowest BCUT2D eigenvalue weighted by Gasteiger charge is -2.35. The first kappa shape index (κ1) is 39.6. The van der Waals surface area contributed by atoms with Crippen LogP contribution in [0.3, 0.4) is 0 Å². The number of nitrogens with zero attached hydrogens (tertiary/aromatic N) is 3. The molecule has 0 radical (unpaired) electrons. The van der Waals surface area contributed by atoms with Crippen LogP contribution in [0.15, 0.2) is 28.4 Å². The zero-order valence-electron chi connectivity index (χ0n) is 27.9. The Bertz CT molecular complexity index is 1130. The minimum Gasteiger partial charge on any atom is -0.463 e. The molecule has 0 aromatic rings. The molecule has 0 unspecified atom stereocenters. The maximum Gasteiger partial charge on any atom is 0.333 e. The van der Waals surface area contributed by atoms with Crippen LogP contribution in [0.4, 0.5) is 0 Å². The standard InChI is InChI=1S/C16H28O6S.C15H25N3O3/c1-6-13(7-2)21-14-9-12(16(17)20-8-3)10-15(11(14)4)22-23(5,18)19;1-5-12(6-2)21-14-9-11(15(19)20-7-3)8-13(10(14)4)17-18-16/h9,11,13-15H,6-8,10H2,1-5H3;9-10,12-14H,5-8H2,1-4H3/t11-,14+,15+;10-,13+,14-/m01/s1. The van der Waals surface area contributed by atoms with Crippen molar-refractivity contribution in [1.82, 2.24) is 0 Å². The fourth-order valence-corrected chi connectivity index (χ4v) is 5.81. The van der Waals surface area contributed by atoms with Crippen molar-refractivity contribution < 1.29 is 41.1 Å². The van der Waals surface area contributed by atoms with Crippen LogP contribution >= 0.6 is 0 Å². The van der Waals surface area contributed by atoms with Gasteiger partial charge in [0.25, 0.3) is 10.1 Å². The molecule has 6 atom stereocenters. The van der Waals surface area contributed by atoms with Gasteiger partial charge in [-0.05, 0) is 69.6 Å². The number of esters is 2. The van der Waals surface area contributed by atoms with Crippen LogP contribution in [-0.2, 0) is 42.8 Å². The third-order valence-electron chi connectivity index (χ3n) is 7.90. The average molecular weight is 644 g/mol. The molecule has 0 aromatic carbocycles. The lowest BCUT2D eigenvalue weighted by Crippen LogP contribution is -2.40. The molecule has 2 rings (SSSR count). The summed E-state index contributed by atoms with van der Waals surface area (Å²) in [7, 11) is -3.62. The molecule has 0 amide bonds. The summed E-state index contributed by atoms with van der Waals surface area (Å²) in [5.74, 6) is -0.927. The Hall–Kier alpha value is -2.44. The largest absolute Gasteiger partial charge is 0.463 e. The van der Waals surface area contributed by atoms with E-state index in [9.17, 15) is 18.0 Å². The van der Waals surface area contributed by atoms with E-state index in [1.807, 2.05) is 33.8 Å². The molecule has 0 fully saturated rings. The van der Waals surface area contributed by atoms with E-state index in [1.165, 1.54) is 0 Å². The summed E-state index contributed by atoms with van der Waals surface area (Å²) in [6.07, 6.45) is 7.70. The Labute approximate surface area is 263 Å². The lowest BCUT2D eigenvalue weighted by molar-refractivity contribution is -0.140. The zero-order valence-corrected chi connectivity index (χ0v) is 28.7. The molecule has 0 aliphatic heterocycles. The SMILES string of the molecule is CCOC(=O)C1=C[C@@H](OC(CC)CC)[C@H](C)[C@@H](N=[N+]=[N-])C1.CCOC(=O)C1=C[C@@H](OC(CC)CC)[C@H](C)[C@H](OS(C)(=O)=O)C1. The van der Waals surface area contributed by atoms with E-state index in [0.717, 1.165) is 31.9 Å².